The molecule has 4 N–H and O–H groups in total. The molecule has 0 spiro atoms. The minimum atomic E-state index is 0.778. The SMILES string of the molecule is Nc1ccc(C#CCCc2ccccc2)cc1.Nc1ccc(I)cc1. The minimum Gasteiger partial charge on any atom is -0.399 e. The van der Waals surface area contributed by atoms with Crippen LogP contribution in [0.2, 0.25) is 0 Å². The molecule has 0 aromatic heterocycles. The number of rotatable bonds is 2. The highest BCUT2D eigenvalue weighted by Gasteiger charge is 1.89. The Kier molecular flexibility index (Phi) is 7.87. The third-order valence-electron chi connectivity index (χ3n) is 3.39. The summed E-state index contributed by atoms with van der Waals surface area (Å²) in [4.78, 5) is 0. The second-order valence-electron chi connectivity index (χ2n) is 5.46. The Morgan fingerprint density at radius 1 is 0.720 bits per heavy atom. The van der Waals surface area contributed by atoms with Crippen LogP contribution < -0.4 is 11.5 Å². The van der Waals surface area contributed by atoms with Crippen molar-refractivity contribution in [3.05, 3.63) is 93.6 Å². The highest BCUT2D eigenvalue weighted by Crippen LogP contribution is 2.07. The lowest BCUT2D eigenvalue weighted by Gasteiger charge is -1.95. The van der Waals surface area contributed by atoms with Crippen LogP contribution in [0, 0.1) is 15.4 Å². The number of aryl methyl sites for hydroxylation is 1. The molecule has 0 aliphatic rings. The predicted octanol–water partition coefficient (Wildman–Crippen LogP) is 5.13. The number of hydrogen-bond acceptors (Lipinski definition) is 2. The van der Waals surface area contributed by atoms with Crippen LogP contribution in [0.5, 0.6) is 0 Å². The maximum Gasteiger partial charge on any atom is 0.0314 e. The standard InChI is InChI=1S/C16H15N.C6H6IN/c17-16-12-10-15(11-13-16)9-5-4-8-14-6-2-1-3-7-14;7-5-1-3-6(8)4-2-5/h1-3,6-7,10-13H,4,8,17H2;1-4H,8H2. The van der Waals surface area contributed by atoms with Crippen molar-refractivity contribution < 1.29 is 0 Å². The first-order valence-corrected chi connectivity index (χ1v) is 9.11. The molecule has 3 rings (SSSR count). The molecule has 25 heavy (non-hydrogen) atoms. The van der Waals surface area contributed by atoms with Crippen LogP contribution in [-0.4, -0.2) is 0 Å². The van der Waals surface area contributed by atoms with Crippen LogP contribution in [0.3, 0.4) is 0 Å². The van der Waals surface area contributed by atoms with Gasteiger partial charge in [0.25, 0.3) is 0 Å². The molecular weight excluding hydrogens is 419 g/mol. The zero-order valence-electron chi connectivity index (χ0n) is 14.0. The summed E-state index contributed by atoms with van der Waals surface area (Å²) in [7, 11) is 0. The lowest BCUT2D eigenvalue weighted by Crippen LogP contribution is -1.84. The fourth-order valence-corrected chi connectivity index (χ4v) is 2.40. The molecule has 0 bridgehead atoms. The number of hydrogen-bond donors (Lipinski definition) is 2. The van der Waals surface area contributed by atoms with E-state index in [0.29, 0.717) is 0 Å². The second-order valence-corrected chi connectivity index (χ2v) is 6.71. The fourth-order valence-electron chi connectivity index (χ4n) is 2.05. The van der Waals surface area contributed by atoms with Crippen molar-refractivity contribution in [3.63, 3.8) is 0 Å². The average molecular weight is 440 g/mol. The Morgan fingerprint density at radius 2 is 1.28 bits per heavy atom. The van der Waals surface area contributed by atoms with E-state index < -0.39 is 0 Å². The summed E-state index contributed by atoms with van der Waals surface area (Å²) in [5.74, 6) is 6.32. The summed E-state index contributed by atoms with van der Waals surface area (Å²) < 4.78 is 1.22. The van der Waals surface area contributed by atoms with Gasteiger partial charge < -0.3 is 11.5 Å². The van der Waals surface area contributed by atoms with E-state index in [-0.39, 0.29) is 0 Å². The zero-order valence-corrected chi connectivity index (χ0v) is 16.1. The van der Waals surface area contributed by atoms with Crippen molar-refractivity contribution in [2.75, 3.05) is 11.5 Å². The summed E-state index contributed by atoms with van der Waals surface area (Å²) in [6, 6.07) is 25.8. The van der Waals surface area contributed by atoms with Gasteiger partial charge in [-0.25, -0.2) is 0 Å². The van der Waals surface area contributed by atoms with Crippen LogP contribution in [0.15, 0.2) is 78.9 Å². The van der Waals surface area contributed by atoms with Crippen LogP contribution in [0.25, 0.3) is 0 Å². The largest absolute Gasteiger partial charge is 0.399 e. The lowest BCUT2D eigenvalue weighted by atomic mass is 10.1. The Labute approximate surface area is 163 Å². The molecule has 0 fully saturated rings. The van der Waals surface area contributed by atoms with Gasteiger partial charge in [0.1, 0.15) is 0 Å². The molecule has 0 saturated carbocycles. The van der Waals surface area contributed by atoms with Gasteiger partial charge in [0.15, 0.2) is 0 Å². The van der Waals surface area contributed by atoms with Crippen molar-refractivity contribution in [2.24, 2.45) is 0 Å². The van der Waals surface area contributed by atoms with Crippen molar-refractivity contribution >= 4 is 34.0 Å². The molecule has 0 amide bonds. The van der Waals surface area contributed by atoms with Gasteiger partial charge in [-0.3, -0.25) is 0 Å². The number of nitrogen functional groups attached to an aromatic ring is 2. The quantitative estimate of drug-likeness (QED) is 0.330. The molecule has 0 atom stereocenters. The van der Waals surface area contributed by atoms with Gasteiger partial charge in [0.2, 0.25) is 0 Å². The molecule has 3 aromatic carbocycles. The molecule has 0 saturated heterocycles. The Hall–Kier alpha value is -2.45. The van der Waals surface area contributed by atoms with Crippen molar-refractivity contribution in [1.82, 2.24) is 0 Å². The van der Waals surface area contributed by atoms with E-state index in [9.17, 15) is 0 Å². The fraction of sp³-hybridized carbons (Fsp3) is 0.0909. The van der Waals surface area contributed by atoms with Gasteiger partial charge in [0, 0.05) is 26.9 Å². The van der Waals surface area contributed by atoms with E-state index in [1.807, 2.05) is 54.6 Å². The third-order valence-corrected chi connectivity index (χ3v) is 4.11. The molecule has 0 aliphatic carbocycles. The molecule has 0 heterocycles. The Bertz CT molecular complexity index is 793. The summed E-state index contributed by atoms with van der Waals surface area (Å²) in [6.07, 6.45) is 1.89. The molecular formula is C22H21IN2. The second kappa shape index (κ2) is 10.4. The monoisotopic (exact) mass is 440 g/mol. The van der Waals surface area contributed by atoms with E-state index >= 15 is 0 Å². The Balaban J connectivity index is 0.000000236. The van der Waals surface area contributed by atoms with Gasteiger partial charge in [0.05, 0.1) is 0 Å². The molecule has 0 aliphatic heterocycles. The third kappa shape index (κ3) is 7.77. The van der Waals surface area contributed by atoms with E-state index in [1.54, 1.807) is 0 Å². The van der Waals surface area contributed by atoms with Crippen molar-refractivity contribution in [2.45, 2.75) is 12.8 Å². The molecule has 3 aromatic rings. The molecule has 3 heteroatoms. The average Bonchev–Trinajstić information content (AvgIpc) is 2.64. The summed E-state index contributed by atoms with van der Waals surface area (Å²) in [5.41, 5.74) is 15.0. The summed E-state index contributed by atoms with van der Waals surface area (Å²) in [6.45, 7) is 0. The maximum atomic E-state index is 5.61. The van der Waals surface area contributed by atoms with E-state index in [0.717, 1.165) is 29.8 Å². The number of benzene rings is 3. The summed E-state index contributed by atoms with van der Waals surface area (Å²) in [5, 5.41) is 0. The molecule has 0 radical (unpaired) electrons. The lowest BCUT2D eigenvalue weighted by molar-refractivity contribution is 1.03. The van der Waals surface area contributed by atoms with E-state index in [4.69, 9.17) is 11.5 Å². The highest BCUT2D eigenvalue weighted by molar-refractivity contribution is 14.1. The highest BCUT2D eigenvalue weighted by atomic mass is 127. The number of halogens is 1. The first-order chi connectivity index (χ1) is 12.1. The van der Waals surface area contributed by atoms with Crippen LogP contribution in [-0.2, 0) is 6.42 Å². The molecule has 126 valence electrons. The van der Waals surface area contributed by atoms with Gasteiger partial charge in [-0.15, -0.1) is 0 Å². The number of anilines is 2. The minimum absolute atomic E-state index is 0.778. The van der Waals surface area contributed by atoms with Crippen LogP contribution in [0.4, 0.5) is 11.4 Å². The van der Waals surface area contributed by atoms with Gasteiger partial charge >= 0.3 is 0 Å². The smallest absolute Gasteiger partial charge is 0.0314 e. The maximum absolute atomic E-state index is 5.61. The van der Waals surface area contributed by atoms with E-state index in [1.165, 1.54) is 9.13 Å². The van der Waals surface area contributed by atoms with Crippen molar-refractivity contribution in [1.29, 1.82) is 0 Å². The Morgan fingerprint density at radius 3 is 1.84 bits per heavy atom. The van der Waals surface area contributed by atoms with Crippen LogP contribution in [0.1, 0.15) is 17.5 Å². The summed E-state index contributed by atoms with van der Waals surface area (Å²) >= 11 is 2.24. The molecule has 0 unspecified atom stereocenters. The zero-order chi connectivity index (χ0) is 17.9. The van der Waals surface area contributed by atoms with Crippen LogP contribution >= 0.6 is 22.6 Å². The van der Waals surface area contributed by atoms with Gasteiger partial charge in [-0.2, -0.15) is 0 Å². The first-order valence-electron chi connectivity index (χ1n) is 8.03. The predicted molar refractivity (Wildman–Crippen MR) is 116 cm³/mol. The first kappa shape index (κ1) is 18.9. The van der Waals surface area contributed by atoms with Gasteiger partial charge in [-0.1, -0.05) is 42.2 Å². The normalized spacial score (nSPS) is 9.32. The van der Waals surface area contributed by atoms with E-state index in [2.05, 4.69) is 58.7 Å². The number of nitrogens with two attached hydrogens (primary N) is 2. The topological polar surface area (TPSA) is 52.0 Å². The van der Waals surface area contributed by atoms with Gasteiger partial charge in [-0.05, 0) is 83.1 Å². The van der Waals surface area contributed by atoms with Crippen molar-refractivity contribution in [3.8, 4) is 11.8 Å². The molecule has 2 nitrogen and oxygen atoms in total.